The molecule has 1 aromatic rings. The van der Waals surface area contributed by atoms with E-state index in [9.17, 15) is 9.59 Å². The summed E-state index contributed by atoms with van der Waals surface area (Å²) >= 11 is 0. The van der Waals surface area contributed by atoms with Crippen molar-refractivity contribution >= 4 is 17.8 Å². The molecule has 0 aliphatic carbocycles. The summed E-state index contributed by atoms with van der Waals surface area (Å²) in [7, 11) is 0. The molecule has 2 N–H and O–H groups in total. The third-order valence-corrected chi connectivity index (χ3v) is 3.45. The van der Waals surface area contributed by atoms with Gasteiger partial charge in [0.15, 0.2) is 0 Å². The number of anilines is 1. The van der Waals surface area contributed by atoms with Crippen molar-refractivity contribution in [3.63, 3.8) is 0 Å². The normalized spacial score (nSPS) is 17.1. The van der Waals surface area contributed by atoms with E-state index in [2.05, 4.69) is 20.5 Å². The van der Waals surface area contributed by atoms with Gasteiger partial charge in [-0.2, -0.15) is 10.1 Å². The van der Waals surface area contributed by atoms with Crippen LogP contribution >= 0.6 is 0 Å². The summed E-state index contributed by atoms with van der Waals surface area (Å²) in [6.45, 7) is 7.00. The molecule has 0 unspecified atom stereocenters. The Morgan fingerprint density at radius 3 is 2.50 bits per heavy atom. The van der Waals surface area contributed by atoms with Crippen LogP contribution in [0.1, 0.15) is 33.6 Å². The Kier molecular flexibility index (Phi) is 4.06. The van der Waals surface area contributed by atoms with Gasteiger partial charge < -0.3 is 4.90 Å². The summed E-state index contributed by atoms with van der Waals surface area (Å²) in [6, 6.07) is 0. The predicted molar refractivity (Wildman–Crippen MR) is 73.8 cm³/mol. The fourth-order valence-electron chi connectivity index (χ4n) is 2.30. The highest BCUT2D eigenvalue weighted by atomic mass is 16.2. The number of hydrogen-bond donors (Lipinski definition) is 2. The highest BCUT2D eigenvalue weighted by Crippen LogP contribution is 2.24. The Labute approximate surface area is 118 Å². The van der Waals surface area contributed by atoms with Crippen molar-refractivity contribution in [3.05, 3.63) is 6.33 Å². The second kappa shape index (κ2) is 5.60. The van der Waals surface area contributed by atoms with E-state index in [1.165, 1.54) is 6.33 Å². The van der Waals surface area contributed by atoms with Gasteiger partial charge in [-0.05, 0) is 12.8 Å². The van der Waals surface area contributed by atoms with Gasteiger partial charge in [-0.1, -0.05) is 20.8 Å². The van der Waals surface area contributed by atoms with Crippen LogP contribution in [0.25, 0.3) is 0 Å². The number of rotatable bonds is 2. The van der Waals surface area contributed by atoms with Crippen molar-refractivity contribution in [1.82, 2.24) is 20.1 Å². The van der Waals surface area contributed by atoms with E-state index in [1.807, 2.05) is 25.7 Å². The zero-order chi connectivity index (χ0) is 14.8. The lowest BCUT2D eigenvalue weighted by molar-refractivity contribution is -0.142. The zero-order valence-corrected chi connectivity index (χ0v) is 12.1. The van der Waals surface area contributed by atoms with Crippen molar-refractivity contribution < 1.29 is 9.59 Å². The topological polar surface area (TPSA) is 91.0 Å². The van der Waals surface area contributed by atoms with Crippen LogP contribution in [0.4, 0.5) is 5.95 Å². The van der Waals surface area contributed by atoms with Gasteiger partial charge in [0, 0.05) is 24.4 Å². The van der Waals surface area contributed by atoms with Crippen molar-refractivity contribution in [2.24, 2.45) is 11.3 Å². The van der Waals surface area contributed by atoms with Crippen LogP contribution in [0.3, 0.4) is 0 Å². The lowest BCUT2D eigenvalue weighted by Crippen LogP contribution is -2.45. The van der Waals surface area contributed by atoms with E-state index in [-0.39, 0.29) is 23.1 Å². The zero-order valence-electron chi connectivity index (χ0n) is 12.1. The molecule has 1 fully saturated rings. The lowest BCUT2D eigenvalue weighted by Gasteiger charge is -2.35. The van der Waals surface area contributed by atoms with Crippen molar-refractivity contribution in [1.29, 1.82) is 0 Å². The van der Waals surface area contributed by atoms with Crippen LogP contribution < -0.4 is 5.32 Å². The average molecular weight is 279 g/mol. The minimum Gasteiger partial charge on any atom is -0.342 e. The SMILES string of the molecule is CC(C)(C)C(=O)N1CCC(C(=O)Nc2ncn[nH]2)CC1. The van der Waals surface area contributed by atoms with Gasteiger partial charge in [0.2, 0.25) is 17.8 Å². The summed E-state index contributed by atoms with van der Waals surface area (Å²) in [5.41, 5.74) is -0.366. The van der Waals surface area contributed by atoms with Gasteiger partial charge in [0.25, 0.3) is 0 Å². The van der Waals surface area contributed by atoms with Gasteiger partial charge in [0.05, 0.1) is 0 Å². The van der Waals surface area contributed by atoms with E-state index < -0.39 is 0 Å². The molecule has 0 atom stereocenters. The summed E-state index contributed by atoms with van der Waals surface area (Å²) in [5, 5.41) is 8.97. The molecular weight excluding hydrogens is 258 g/mol. The first-order chi connectivity index (χ1) is 9.38. The number of piperidine rings is 1. The third kappa shape index (κ3) is 3.34. The number of hydrogen-bond acceptors (Lipinski definition) is 4. The largest absolute Gasteiger partial charge is 0.342 e. The molecule has 0 saturated carbocycles. The summed E-state index contributed by atoms with van der Waals surface area (Å²) in [5.74, 6) is 0.364. The maximum atomic E-state index is 12.2. The molecule has 2 amide bonds. The van der Waals surface area contributed by atoms with Gasteiger partial charge in [-0.3, -0.25) is 14.9 Å². The molecule has 1 saturated heterocycles. The third-order valence-electron chi connectivity index (χ3n) is 3.45. The fraction of sp³-hybridized carbons (Fsp3) is 0.692. The van der Waals surface area contributed by atoms with E-state index in [0.29, 0.717) is 31.9 Å². The molecule has 1 aliphatic rings. The number of amides is 2. The fourth-order valence-corrected chi connectivity index (χ4v) is 2.30. The highest BCUT2D eigenvalue weighted by molar-refractivity contribution is 5.91. The van der Waals surface area contributed by atoms with E-state index >= 15 is 0 Å². The quantitative estimate of drug-likeness (QED) is 0.845. The van der Waals surface area contributed by atoms with Gasteiger partial charge in [0.1, 0.15) is 6.33 Å². The number of H-pyrrole nitrogens is 1. The second-order valence-electron chi connectivity index (χ2n) is 6.14. The Bertz CT molecular complexity index is 469. The van der Waals surface area contributed by atoms with Crippen LogP contribution in [-0.4, -0.2) is 45.0 Å². The summed E-state index contributed by atoms with van der Waals surface area (Å²) < 4.78 is 0. The average Bonchev–Trinajstić information content (AvgIpc) is 2.90. The van der Waals surface area contributed by atoms with Crippen LogP contribution in [0, 0.1) is 11.3 Å². The number of nitrogens with zero attached hydrogens (tertiary/aromatic N) is 3. The first-order valence-electron chi connectivity index (χ1n) is 6.83. The molecule has 0 aromatic carbocycles. The monoisotopic (exact) mass is 279 g/mol. The number of likely N-dealkylation sites (tertiary alicyclic amines) is 1. The van der Waals surface area contributed by atoms with Crippen molar-refractivity contribution in [2.45, 2.75) is 33.6 Å². The van der Waals surface area contributed by atoms with E-state index in [0.717, 1.165) is 0 Å². The smallest absolute Gasteiger partial charge is 0.229 e. The van der Waals surface area contributed by atoms with Crippen LogP contribution in [-0.2, 0) is 9.59 Å². The molecular formula is C13H21N5O2. The number of aromatic amines is 1. The maximum Gasteiger partial charge on any atom is 0.229 e. The van der Waals surface area contributed by atoms with Crippen LogP contribution in [0.15, 0.2) is 6.33 Å². The standard InChI is InChI=1S/C13H21N5O2/c1-13(2,3)11(20)18-6-4-9(5-7-18)10(19)16-12-14-8-15-17-12/h8-9H,4-7H2,1-3H3,(H2,14,15,16,17,19). The highest BCUT2D eigenvalue weighted by Gasteiger charge is 2.32. The molecule has 20 heavy (non-hydrogen) atoms. The van der Waals surface area contributed by atoms with E-state index in [4.69, 9.17) is 0 Å². The molecule has 1 aromatic heterocycles. The second-order valence-corrected chi connectivity index (χ2v) is 6.14. The Hall–Kier alpha value is -1.92. The van der Waals surface area contributed by atoms with Crippen LogP contribution in [0.5, 0.6) is 0 Å². The molecule has 0 bridgehead atoms. The first kappa shape index (κ1) is 14.5. The number of carbonyl (C=O) groups is 2. The van der Waals surface area contributed by atoms with Crippen molar-refractivity contribution in [2.75, 3.05) is 18.4 Å². The summed E-state index contributed by atoms with van der Waals surface area (Å²) in [6.07, 6.45) is 2.71. The molecule has 2 rings (SSSR count). The van der Waals surface area contributed by atoms with E-state index in [1.54, 1.807) is 0 Å². The first-order valence-corrected chi connectivity index (χ1v) is 6.83. The number of nitrogens with one attached hydrogen (secondary N) is 2. The molecule has 1 aliphatic heterocycles. The minimum absolute atomic E-state index is 0.0652. The Balaban J connectivity index is 1.85. The molecule has 0 radical (unpaired) electrons. The van der Waals surface area contributed by atoms with Gasteiger partial charge in [-0.25, -0.2) is 5.10 Å². The Morgan fingerprint density at radius 2 is 2.00 bits per heavy atom. The number of carbonyl (C=O) groups excluding carboxylic acids is 2. The molecule has 7 nitrogen and oxygen atoms in total. The molecule has 0 spiro atoms. The lowest BCUT2D eigenvalue weighted by atomic mass is 9.91. The number of aromatic nitrogens is 3. The van der Waals surface area contributed by atoms with Gasteiger partial charge >= 0.3 is 0 Å². The summed E-state index contributed by atoms with van der Waals surface area (Å²) in [4.78, 5) is 29.9. The molecule has 110 valence electrons. The Morgan fingerprint density at radius 1 is 1.35 bits per heavy atom. The van der Waals surface area contributed by atoms with Crippen LogP contribution in [0.2, 0.25) is 0 Å². The minimum atomic E-state index is -0.366. The predicted octanol–water partition coefficient (Wildman–Crippen LogP) is 1.03. The van der Waals surface area contributed by atoms with Gasteiger partial charge in [-0.15, -0.1) is 0 Å². The molecule has 2 heterocycles. The van der Waals surface area contributed by atoms with Crippen molar-refractivity contribution in [3.8, 4) is 0 Å². The maximum absolute atomic E-state index is 12.2. The molecule has 7 heteroatoms.